The van der Waals surface area contributed by atoms with Crippen LogP contribution in [-0.2, 0) is 0 Å². The van der Waals surface area contributed by atoms with Crippen LogP contribution in [0.1, 0.15) is 70.6 Å². The smallest absolute Gasteiger partial charge is 0.0809 e. The first-order valence-corrected chi connectivity index (χ1v) is 12.7. The average Bonchev–Trinajstić information content (AvgIpc) is 3.12. The SMILES string of the molecule is C[Si](C)(C1=CCC2=C1CCCC2)C1CCC2CCCCC21. The zero-order valence-corrected chi connectivity index (χ0v) is 15.1. The number of hydrogen-bond donors (Lipinski definition) is 0. The average molecular weight is 301 g/mol. The molecule has 1 heteroatoms. The molecule has 0 saturated heterocycles. The first-order chi connectivity index (χ1) is 10.2. The summed E-state index contributed by atoms with van der Waals surface area (Å²) in [6.45, 7) is 5.45. The maximum absolute atomic E-state index is 2.73. The summed E-state index contributed by atoms with van der Waals surface area (Å²) in [4.78, 5) is 0. The van der Waals surface area contributed by atoms with Crippen molar-refractivity contribution in [3.8, 4) is 0 Å². The van der Waals surface area contributed by atoms with Crippen LogP contribution in [0.4, 0.5) is 0 Å². The van der Waals surface area contributed by atoms with E-state index in [4.69, 9.17) is 0 Å². The molecule has 4 aliphatic carbocycles. The molecule has 0 aliphatic heterocycles. The Kier molecular flexibility index (Phi) is 3.68. The van der Waals surface area contributed by atoms with Crippen molar-refractivity contribution in [1.82, 2.24) is 0 Å². The van der Waals surface area contributed by atoms with Crippen LogP contribution in [0.2, 0.25) is 18.6 Å². The highest BCUT2D eigenvalue weighted by Gasteiger charge is 2.48. The Balaban J connectivity index is 1.60. The van der Waals surface area contributed by atoms with Crippen LogP contribution in [0.15, 0.2) is 22.4 Å². The van der Waals surface area contributed by atoms with E-state index in [1.54, 1.807) is 25.7 Å². The van der Waals surface area contributed by atoms with Gasteiger partial charge in [0.2, 0.25) is 0 Å². The van der Waals surface area contributed by atoms with E-state index in [0.29, 0.717) is 0 Å². The van der Waals surface area contributed by atoms with Crippen molar-refractivity contribution in [3.05, 3.63) is 22.4 Å². The molecule has 21 heavy (non-hydrogen) atoms. The van der Waals surface area contributed by atoms with E-state index < -0.39 is 8.07 Å². The Morgan fingerprint density at radius 3 is 2.62 bits per heavy atom. The lowest BCUT2D eigenvalue weighted by molar-refractivity contribution is 0.275. The van der Waals surface area contributed by atoms with Gasteiger partial charge in [-0.15, -0.1) is 0 Å². The van der Waals surface area contributed by atoms with Crippen molar-refractivity contribution in [2.24, 2.45) is 11.8 Å². The van der Waals surface area contributed by atoms with Gasteiger partial charge in [-0.3, -0.25) is 0 Å². The molecule has 2 saturated carbocycles. The van der Waals surface area contributed by atoms with E-state index in [0.717, 1.165) is 17.4 Å². The lowest BCUT2D eigenvalue weighted by atomic mass is 9.82. The predicted octanol–water partition coefficient (Wildman–Crippen LogP) is 6.41. The molecule has 4 rings (SSSR count). The van der Waals surface area contributed by atoms with E-state index in [1.807, 2.05) is 16.3 Å². The summed E-state index contributed by atoms with van der Waals surface area (Å²) in [6, 6.07) is 0. The molecule has 3 atom stereocenters. The van der Waals surface area contributed by atoms with Crippen molar-refractivity contribution < 1.29 is 0 Å². The molecular weight excluding hydrogens is 268 g/mol. The first kappa shape index (κ1) is 14.3. The monoisotopic (exact) mass is 300 g/mol. The Hall–Kier alpha value is -0.303. The number of rotatable bonds is 2. The molecule has 4 aliphatic rings. The number of fused-ring (bicyclic) bond motifs is 1. The molecule has 0 radical (unpaired) electrons. The molecule has 0 N–H and O–H groups in total. The second kappa shape index (κ2) is 5.40. The van der Waals surface area contributed by atoms with Crippen LogP contribution >= 0.6 is 0 Å². The topological polar surface area (TPSA) is 0 Å². The van der Waals surface area contributed by atoms with Gasteiger partial charge in [-0.25, -0.2) is 0 Å². The highest BCUT2D eigenvalue weighted by atomic mass is 28.3. The third-order valence-electron chi connectivity index (χ3n) is 7.41. The molecule has 0 heterocycles. The third kappa shape index (κ3) is 2.31. The van der Waals surface area contributed by atoms with Gasteiger partial charge in [0.15, 0.2) is 0 Å². The molecule has 0 amide bonds. The Morgan fingerprint density at radius 1 is 0.905 bits per heavy atom. The molecule has 0 aromatic heterocycles. The molecule has 116 valence electrons. The van der Waals surface area contributed by atoms with Crippen LogP contribution in [0.3, 0.4) is 0 Å². The second-order valence-corrected chi connectivity index (χ2v) is 13.4. The van der Waals surface area contributed by atoms with Crippen molar-refractivity contribution in [2.75, 3.05) is 0 Å². The minimum Gasteiger partial charge on any atom is -0.0809 e. The highest BCUT2D eigenvalue weighted by Crippen LogP contribution is 2.56. The fraction of sp³-hybridized carbons (Fsp3) is 0.800. The van der Waals surface area contributed by atoms with Gasteiger partial charge in [-0.1, -0.05) is 68.5 Å². The van der Waals surface area contributed by atoms with Crippen molar-refractivity contribution in [3.63, 3.8) is 0 Å². The van der Waals surface area contributed by atoms with Gasteiger partial charge in [-0.05, 0) is 55.1 Å². The van der Waals surface area contributed by atoms with E-state index in [-0.39, 0.29) is 0 Å². The lowest BCUT2D eigenvalue weighted by Crippen LogP contribution is -2.39. The Morgan fingerprint density at radius 2 is 1.71 bits per heavy atom. The number of allylic oxidation sites excluding steroid dienone is 4. The third-order valence-corrected chi connectivity index (χ3v) is 11.9. The summed E-state index contributed by atoms with van der Waals surface area (Å²) >= 11 is 0. The normalized spacial score (nSPS) is 36.5. The van der Waals surface area contributed by atoms with Gasteiger partial charge < -0.3 is 0 Å². The summed E-state index contributed by atoms with van der Waals surface area (Å²) in [7, 11) is -1.25. The van der Waals surface area contributed by atoms with Crippen LogP contribution in [0.5, 0.6) is 0 Å². The standard InChI is InChI=1S/C20H32Si/c1-21(2,19-13-11-15-7-3-5-9-17(15)19)20-14-12-16-8-4-6-10-18(16)20/h13,16,18,20H,3-12,14H2,1-2H3. The first-order valence-electron chi connectivity index (χ1n) is 9.60. The largest absolute Gasteiger partial charge is 0.0839 e. The minimum absolute atomic E-state index is 1.10. The molecule has 0 bridgehead atoms. The zero-order chi connectivity index (χ0) is 14.4. The van der Waals surface area contributed by atoms with Crippen molar-refractivity contribution in [1.29, 1.82) is 0 Å². The molecule has 3 unspecified atom stereocenters. The van der Waals surface area contributed by atoms with Gasteiger partial charge in [-0.2, -0.15) is 0 Å². The van der Waals surface area contributed by atoms with Gasteiger partial charge in [0.25, 0.3) is 0 Å². The summed E-state index contributed by atoms with van der Waals surface area (Å²) in [5.74, 6) is 2.21. The van der Waals surface area contributed by atoms with Crippen LogP contribution < -0.4 is 0 Å². The molecule has 0 aromatic rings. The van der Waals surface area contributed by atoms with E-state index in [1.165, 1.54) is 44.9 Å². The predicted molar refractivity (Wildman–Crippen MR) is 94.1 cm³/mol. The lowest BCUT2D eigenvalue weighted by Gasteiger charge is -2.40. The molecule has 0 nitrogen and oxygen atoms in total. The molecule has 0 aromatic carbocycles. The molecule has 2 fully saturated rings. The fourth-order valence-corrected chi connectivity index (χ4v) is 10.9. The van der Waals surface area contributed by atoms with Crippen molar-refractivity contribution in [2.45, 2.75) is 89.3 Å². The quantitative estimate of drug-likeness (QED) is 0.517. The highest BCUT2D eigenvalue weighted by molar-refractivity contribution is 6.86. The Labute approximate surface area is 132 Å². The van der Waals surface area contributed by atoms with E-state index in [9.17, 15) is 0 Å². The molecule has 0 spiro atoms. The Bertz CT molecular complexity index is 482. The van der Waals surface area contributed by atoms with Crippen LogP contribution in [0, 0.1) is 11.8 Å². The van der Waals surface area contributed by atoms with Crippen LogP contribution in [0.25, 0.3) is 0 Å². The van der Waals surface area contributed by atoms with Crippen molar-refractivity contribution >= 4 is 8.07 Å². The van der Waals surface area contributed by atoms with E-state index >= 15 is 0 Å². The van der Waals surface area contributed by atoms with Gasteiger partial charge >= 0.3 is 0 Å². The maximum atomic E-state index is 2.73. The summed E-state index contributed by atoms with van der Waals surface area (Å²) in [5, 5.41) is 1.92. The summed E-state index contributed by atoms with van der Waals surface area (Å²) in [6.07, 6.45) is 19.0. The van der Waals surface area contributed by atoms with Gasteiger partial charge in [0, 0.05) is 0 Å². The summed E-state index contributed by atoms with van der Waals surface area (Å²) < 4.78 is 0. The van der Waals surface area contributed by atoms with Gasteiger partial charge in [0.1, 0.15) is 0 Å². The van der Waals surface area contributed by atoms with Gasteiger partial charge in [0.05, 0.1) is 8.07 Å². The molecular formula is C20H32Si. The van der Waals surface area contributed by atoms with E-state index in [2.05, 4.69) is 19.2 Å². The minimum atomic E-state index is -1.25. The maximum Gasteiger partial charge on any atom is 0.0839 e. The fourth-order valence-electron chi connectivity index (χ4n) is 6.35. The second-order valence-electron chi connectivity index (χ2n) is 8.73. The summed E-state index contributed by atoms with van der Waals surface area (Å²) in [5.41, 5.74) is 4.81. The number of hydrogen-bond acceptors (Lipinski definition) is 0. The van der Waals surface area contributed by atoms with Crippen LogP contribution in [-0.4, -0.2) is 8.07 Å². The zero-order valence-electron chi connectivity index (χ0n) is 14.1.